The van der Waals surface area contributed by atoms with Crippen molar-refractivity contribution in [3.05, 3.63) is 35.6 Å². The lowest BCUT2D eigenvalue weighted by Gasteiger charge is -2.19. The van der Waals surface area contributed by atoms with Crippen LogP contribution in [0.4, 0.5) is 0 Å². The second-order valence-corrected chi connectivity index (χ2v) is 3.74. The third-order valence-electron chi connectivity index (χ3n) is 2.69. The van der Waals surface area contributed by atoms with E-state index in [9.17, 15) is 0 Å². The number of fused-ring (bicyclic) bond motifs is 1. The smallest absolute Gasteiger partial charge is 0.0824 e. The maximum atomic E-state index is 8.99. The molecule has 0 aromatic rings. The van der Waals surface area contributed by atoms with Crippen LogP contribution in [-0.4, -0.2) is 24.3 Å². The van der Waals surface area contributed by atoms with Crippen LogP contribution in [0.25, 0.3) is 0 Å². The van der Waals surface area contributed by atoms with Gasteiger partial charge < -0.3 is 16.2 Å². The summed E-state index contributed by atoms with van der Waals surface area (Å²) in [6.07, 6.45) is 9.52. The van der Waals surface area contributed by atoms with Gasteiger partial charge in [0.05, 0.1) is 12.6 Å². The number of aliphatic hydroxyl groups is 1. The minimum atomic E-state index is 0.0981. The Hall–Kier alpha value is -1.06. The number of nitrogens with two attached hydrogens (primary N) is 1. The minimum Gasteiger partial charge on any atom is -0.390 e. The van der Waals surface area contributed by atoms with Crippen LogP contribution < -0.4 is 11.1 Å². The summed E-state index contributed by atoms with van der Waals surface area (Å²) in [5.74, 6) is 0.402. The van der Waals surface area contributed by atoms with Crippen LogP contribution in [0.3, 0.4) is 0 Å². The molecular weight excluding hydrogens is 176 g/mol. The van der Waals surface area contributed by atoms with Gasteiger partial charge in [-0.3, -0.25) is 0 Å². The fraction of sp³-hybridized carbons (Fsp3) is 0.455. The number of allylic oxidation sites excluding steroid dienone is 1. The van der Waals surface area contributed by atoms with Gasteiger partial charge in [0.15, 0.2) is 0 Å². The molecule has 4 N–H and O–H groups in total. The number of rotatable bonds is 3. The minimum absolute atomic E-state index is 0.0981. The highest BCUT2D eigenvalue weighted by Gasteiger charge is 2.24. The van der Waals surface area contributed by atoms with E-state index in [0.29, 0.717) is 18.5 Å². The third-order valence-corrected chi connectivity index (χ3v) is 2.69. The highest BCUT2D eigenvalue weighted by Crippen LogP contribution is 2.25. The summed E-state index contributed by atoms with van der Waals surface area (Å²) in [5, 5.41) is 12.3. The first kappa shape index (κ1) is 9.49. The molecule has 2 rings (SSSR count). The molecule has 2 atom stereocenters. The van der Waals surface area contributed by atoms with E-state index < -0.39 is 0 Å². The highest BCUT2D eigenvalue weighted by molar-refractivity contribution is 5.34. The van der Waals surface area contributed by atoms with Crippen molar-refractivity contribution in [3.63, 3.8) is 0 Å². The number of hydrogen-bond acceptors (Lipinski definition) is 3. The van der Waals surface area contributed by atoms with Crippen molar-refractivity contribution in [2.75, 3.05) is 13.2 Å². The summed E-state index contributed by atoms with van der Waals surface area (Å²) in [4.78, 5) is 0. The van der Waals surface area contributed by atoms with Gasteiger partial charge in [0.25, 0.3) is 0 Å². The van der Waals surface area contributed by atoms with Crippen LogP contribution in [0.2, 0.25) is 0 Å². The second-order valence-electron chi connectivity index (χ2n) is 3.74. The fourth-order valence-corrected chi connectivity index (χ4v) is 1.98. The van der Waals surface area contributed by atoms with Crippen LogP contribution in [0.5, 0.6) is 0 Å². The Morgan fingerprint density at radius 2 is 2.29 bits per heavy atom. The normalized spacial score (nSPS) is 29.3. The van der Waals surface area contributed by atoms with E-state index in [1.54, 1.807) is 0 Å². The first-order valence-electron chi connectivity index (χ1n) is 5.00. The molecule has 0 amide bonds. The van der Waals surface area contributed by atoms with E-state index in [-0.39, 0.29) is 6.61 Å². The van der Waals surface area contributed by atoms with Crippen LogP contribution >= 0.6 is 0 Å². The second kappa shape index (κ2) is 3.98. The van der Waals surface area contributed by atoms with Gasteiger partial charge in [0, 0.05) is 11.6 Å². The summed E-state index contributed by atoms with van der Waals surface area (Å²) in [6, 6.07) is 0.323. The lowest BCUT2D eigenvalue weighted by molar-refractivity contribution is 0.322. The zero-order chi connectivity index (χ0) is 9.97. The van der Waals surface area contributed by atoms with Crippen LogP contribution in [-0.2, 0) is 0 Å². The predicted octanol–water partition coefficient (Wildman–Crippen LogP) is 0.296. The lowest BCUT2D eigenvalue weighted by Crippen LogP contribution is -2.28. The molecule has 0 bridgehead atoms. The molecule has 1 aliphatic carbocycles. The van der Waals surface area contributed by atoms with Crippen molar-refractivity contribution in [1.29, 1.82) is 0 Å². The molecule has 0 fully saturated rings. The maximum absolute atomic E-state index is 8.99. The van der Waals surface area contributed by atoms with Gasteiger partial charge in [-0.2, -0.15) is 0 Å². The summed E-state index contributed by atoms with van der Waals surface area (Å²) in [7, 11) is 0. The van der Waals surface area contributed by atoms with Gasteiger partial charge in [-0.25, -0.2) is 0 Å². The molecule has 3 heteroatoms. The molecule has 14 heavy (non-hydrogen) atoms. The van der Waals surface area contributed by atoms with E-state index in [1.165, 1.54) is 5.57 Å². The molecule has 1 aliphatic heterocycles. The molecule has 0 radical (unpaired) electrons. The average molecular weight is 192 g/mol. The molecule has 0 saturated carbocycles. The monoisotopic (exact) mass is 192 g/mol. The number of aliphatic hydroxyl groups excluding tert-OH is 1. The third kappa shape index (κ3) is 1.74. The summed E-state index contributed by atoms with van der Waals surface area (Å²) >= 11 is 0. The van der Waals surface area contributed by atoms with Crippen molar-refractivity contribution in [3.8, 4) is 0 Å². The zero-order valence-corrected chi connectivity index (χ0v) is 8.11. The molecule has 0 spiro atoms. The quantitative estimate of drug-likeness (QED) is 0.602. The Morgan fingerprint density at radius 1 is 1.43 bits per heavy atom. The average Bonchev–Trinajstić information content (AvgIpc) is 2.60. The van der Waals surface area contributed by atoms with Crippen LogP contribution in [0.1, 0.15) is 6.42 Å². The largest absolute Gasteiger partial charge is 0.390 e. The van der Waals surface area contributed by atoms with Crippen molar-refractivity contribution in [1.82, 2.24) is 5.32 Å². The molecule has 2 aliphatic rings. The Balaban J connectivity index is 2.06. The van der Waals surface area contributed by atoms with E-state index in [1.807, 2.05) is 0 Å². The van der Waals surface area contributed by atoms with E-state index in [4.69, 9.17) is 10.8 Å². The molecule has 2 unspecified atom stereocenters. The van der Waals surface area contributed by atoms with E-state index >= 15 is 0 Å². The van der Waals surface area contributed by atoms with Gasteiger partial charge >= 0.3 is 0 Å². The first-order chi connectivity index (χ1) is 6.83. The number of nitrogens with one attached hydrogen (secondary N) is 1. The SMILES string of the molecule is NCCC1=CC2NC(CO)=CC2C=C1. The summed E-state index contributed by atoms with van der Waals surface area (Å²) in [5.41, 5.74) is 7.71. The molecular formula is C11H16N2O. The zero-order valence-electron chi connectivity index (χ0n) is 8.11. The molecule has 1 heterocycles. The number of hydrogen-bond donors (Lipinski definition) is 3. The predicted molar refractivity (Wildman–Crippen MR) is 56.5 cm³/mol. The van der Waals surface area contributed by atoms with Crippen molar-refractivity contribution in [2.24, 2.45) is 11.7 Å². The van der Waals surface area contributed by atoms with Crippen molar-refractivity contribution >= 4 is 0 Å². The lowest BCUT2D eigenvalue weighted by atomic mass is 9.92. The Kier molecular flexibility index (Phi) is 2.70. The molecule has 0 aromatic heterocycles. The topological polar surface area (TPSA) is 58.3 Å². The molecule has 0 saturated heterocycles. The van der Waals surface area contributed by atoms with E-state index in [2.05, 4.69) is 29.6 Å². The maximum Gasteiger partial charge on any atom is 0.0824 e. The Labute approximate surface area is 84.0 Å². The van der Waals surface area contributed by atoms with Gasteiger partial charge in [-0.15, -0.1) is 0 Å². The summed E-state index contributed by atoms with van der Waals surface area (Å²) in [6.45, 7) is 0.786. The van der Waals surface area contributed by atoms with Gasteiger partial charge in [0.1, 0.15) is 0 Å². The van der Waals surface area contributed by atoms with E-state index in [0.717, 1.165) is 12.1 Å². The Bertz CT molecular complexity index is 304. The van der Waals surface area contributed by atoms with Crippen molar-refractivity contribution < 1.29 is 5.11 Å². The van der Waals surface area contributed by atoms with Gasteiger partial charge in [-0.05, 0) is 18.5 Å². The summed E-state index contributed by atoms with van der Waals surface area (Å²) < 4.78 is 0. The Morgan fingerprint density at radius 3 is 3.00 bits per heavy atom. The fourth-order valence-electron chi connectivity index (χ4n) is 1.98. The molecule has 76 valence electrons. The molecule has 0 aromatic carbocycles. The molecule has 3 nitrogen and oxygen atoms in total. The first-order valence-corrected chi connectivity index (χ1v) is 5.00. The van der Waals surface area contributed by atoms with Gasteiger partial charge in [-0.1, -0.05) is 24.3 Å². The van der Waals surface area contributed by atoms with Crippen molar-refractivity contribution in [2.45, 2.75) is 12.5 Å². The van der Waals surface area contributed by atoms with Gasteiger partial charge in [0.2, 0.25) is 0 Å². The van der Waals surface area contributed by atoms with Crippen LogP contribution in [0, 0.1) is 5.92 Å². The highest BCUT2D eigenvalue weighted by atomic mass is 16.3. The standard InChI is InChI=1S/C11H16N2O/c12-4-3-8-1-2-9-6-10(7-14)13-11(9)5-8/h1-2,5-6,9,11,13-14H,3-4,7,12H2. The van der Waals surface area contributed by atoms with Crippen LogP contribution in [0.15, 0.2) is 35.6 Å².